The molecule has 2 aromatic heterocycles. The van der Waals surface area contributed by atoms with Crippen LogP contribution in [-0.4, -0.2) is 13.4 Å². The number of fused-ring (bicyclic) bond motifs is 14. The monoisotopic (exact) mass is 1390 g/mol. The molecular weight excluding hydrogens is 1320 g/mol. The standard InChI is InChI=1S/C96H61B2N5OS2/c1-7-30-62(31-8-1)70-44-27-45-71(63-32-9-2-10-33-63)94(70)103-84-61-88-79(98-77-49-22-24-51-81(77)102(67-40-17-6-18-41-67)87-58-69(59-89(104-88)93(87)98)100(65-36-13-4-14-37-65)83-53-29-47-75-73-43-20-26-55-91(73)106-96(75)83)60-78(84)97-76-48-21-23-50-80(76)101(66-38-15-5-16-39-66)85-56-68(57-86(103)92(85)97)99(64-34-11-3-12-35-64)82-52-28-46-74-72-42-19-25-54-90(72)105-95(74)82/h1-61H. The second kappa shape index (κ2) is 24.3. The third-order valence-electron chi connectivity index (χ3n) is 22.0. The van der Waals surface area contributed by atoms with Crippen LogP contribution in [0, 0.1) is 0 Å². The number of thiophene rings is 2. The van der Waals surface area contributed by atoms with E-state index in [2.05, 4.69) is 395 Å². The van der Waals surface area contributed by atoms with Crippen LogP contribution < -0.4 is 62.0 Å². The van der Waals surface area contributed by atoms with Gasteiger partial charge in [0.2, 0.25) is 0 Å². The van der Waals surface area contributed by atoms with Crippen LogP contribution in [0.25, 0.3) is 62.6 Å². The Morgan fingerprint density at radius 2 is 0.670 bits per heavy atom. The molecule has 106 heavy (non-hydrogen) atoms. The van der Waals surface area contributed by atoms with Gasteiger partial charge in [-0.3, -0.25) is 0 Å². The number of hydrogen-bond acceptors (Lipinski definition) is 8. The molecule has 0 aliphatic carbocycles. The van der Waals surface area contributed by atoms with Gasteiger partial charge >= 0.3 is 0 Å². The largest absolute Gasteiger partial charge is 0.458 e. The predicted molar refractivity (Wildman–Crippen MR) is 452 cm³/mol. The van der Waals surface area contributed by atoms with Gasteiger partial charge in [0.25, 0.3) is 13.4 Å². The van der Waals surface area contributed by atoms with E-state index in [1.54, 1.807) is 0 Å². The van der Waals surface area contributed by atoms with E-state index >= 15 is 0 Å². The summed E-state index contributed by atoms with van der Waals surface area (Å²) in [7, 11) is 0. The van der Waals surface area contributed by atoms with Gasteiger partial charge in [0.1, 0.15) is 11.5 Å². The molecule has 0 amide bonds. The second-order valence-electron chi connectivity index (χ2n) is 27.8. The van der Waals surface area contributed by atoms with Crippen molar-refractivity contribution in [1.82, 2.24) is 0 Å². The smallest absolute Gasteiger partial charge is 0.256 e. The molecule has 0 atom stereocenters. The zero-order valence-electron chi connectivity index (χ0n) is 57.3. The van der Waals surface area contributed by atoms with Crippen LogP contribution in [0.5, 0.6) is 11.5 Å². The molecule has 18 aromatic rings. The molecule has 4 aliphatic heterocycles. The highest BCUT2D eigenvalue weighted by atomic mass is 32.1. The molecule has 0 fully saturated rings. The van der Waals surface area contributed by atoms with E-state index < -0.39 is 0 Å². The minimum Gasteiger partial charge on any atom is -0.458 e. The number of rotatable bonds is 11. The molecule has 22 rings (SSSR count). The summed E-state index contributed by atoms with van der Waals surface area (Å²) in [5, 5.41) is 4.98. The summed E-state index contributed by atoms with van der Waals surface area (Å²) < 4.78 is 13.0. The van der Waals surface area contributed by atoms with Crippen molar-refractivity contribution in [3.63, 3.8) is 0 Å². The fourth-order valence-corrected chi connectivity index (χ4v) is 20.0. The van der Waals surface area contributed by atoms with E-state index in [1.165, 1.54) is 62.2 Å². The molecule has 0 spiro atoms. The van der Waals surface area contributed by atoms with Crippen molar-refractivity contribution in [2.24, 2.45) is 0 Å². The summed E-state index contributed by atoms with van der Waals surface area (Å²) in [4.78, 5) is 12.6. The average Bonchev–Trinajstić information content (AvgIpc) is 0.849. The van der Waals surface area contributed by atoms with Gasteiger partial charge in [0.15, 0.2) is 0 Å². The van der Waals surface area contributed by atoms with Gasteiger partial charge < -0.3 is 29.2 Å². The molecule has 0 radical (unpaired) electrons. The van der Waals surface area contributed by atoms with E-state index in [9.17, 15) is 0 Å². The molecule has 0 bridgehead atoms. The second-order valence-corrected chi connectivity index (χ2v) is 29.9. The van der Waals surface area contributed by atoms with Gasteiger partial charge in [-0.15, -0.1) is 22.7 Å². The highest BCUT2D eigenvalue weighted by molar-refractivity contribution is 7.27. The van der Waals surface area contributed by atoms with Crippen molar-refractivity contribution in [3.05, 3.63) is 370 Å². The summed E-state index contributed by atoms with van der Waals surface area (Å²) in [5.74, 6) is 1.61. The first-order valence-corrected chi connectivity index (χ1v) is 37.9. The van der Waals surface area contributed by atoms with Crippen molar-refractivity contribution in [1.29, 1.82) is 0 Å². The zero-order valence-corrected chi connectivity index (χ0v) is 59.0. The summed E-state index contributed by atoms with van der Waals surface area (Å²) >= 11 is 3.71. The van der Waals surface area contributed by atoms with E-state index in [4.69, 9.17) is 4.74 Å². The molecule has 494 valence electrons. The Balaban J connectivity index is 0.860. The molecule has 10 heteroatoms. The lowest BCUT2D eigenvalue weighted by atomic mass is 9.30. The molecule has 6 heterocycles. The van der Waals surface area contributed by atoms with E-state index in [-0.39, 0.29) is 13.4 Å². The van der Waals surface area contributed by atoms with Gasteiger partial charge in [-0.25, -0.2) is 0 Å². The van der Waals surface area contributed by atoms with Crippen LogP contribution in [0.15, 0.2) is 370 Å². The van der Waals surface area contributed by atoms with Gasteiger partial charge in [-0.05, 0) is 147 Å². The van der Waals surface area contributed by atoms with Crippen LogP contribution in [0.2, 0.25) is 0 Å². The average molecular weight is 1390 g/mol. The lowest BCUT2D eigenvalue weighted by molar-refractivity contribution is 0.488. The van der Waals surface area contributed by atoms with Crippen molar-refractivity contribution in [2.45, 2.75) is 0 Å². The summed E-state index contributed by atoms with van der Waals surface area (Å²) in [6.07, 6.45) is 0. The number of para-hydroxylation sites is 7. The van der Waals surface area contributed by atoms with Crippen molar-refractivity contribution >= 4 is 195 Å². The quantitative estimate of drug-likeness (QED) is 0.120. The Morgan fingerprint density at radius 3 is 1.19 bits per heavy atom. The predicted octanol–water partition coefficient (Wildman–Crippen LogP) is 23.2. The first-order chi connectivity index (χ1) is 52.6. The zero-order chi connectivity index (χ0) is 69.5. The Hall–Kier alpha value is -13.1. The van der Waals surface area contributed by atoms with Crippen LogP contribution in [0.3, 0.4) is 0 Å². The van der Waals surface area contributed by atoms with Crippen LogP contribution in [-0.2, 0) is 0 Å². The highest BCUT2D eigenvalue weighted by Crippen LogP contribution is 2.56. The van der Waals surface area contributed by atoms with E-state index in [0.29, 0.717) is 0 Å². The van der Waals surface area contributed by atoms with Gasteiger partial charge in [-0.1, -0.05) is 255 Å². The Morgan fingerprint density at radius 1 is 0.264 bits per heavy atom. The molecule has 0 saturated carbocycles. The Bertz CT molecular complexity index is 6500. The molecule has 0 saturated heterocycles. The van der Waals surface area contributed by atoms with Gasteiger partial charge in [-0.2, -0.15) is 0 Å². The maximum Gasteiger partial charge on any atom is 0.256 e. The van der Waals surface area contributed by atoms with Crippen molar-refractivity contribution < 1.29 is 4.74 Å². The molecule has 4 aliphatic rings. The summed E-state index contributed by atoms with van der Waals surface area (Å²) in [5.41, 5.74) is 27.6. The lowest BCUT2D eigenvalue weighted by Gasteiger charge is -2.46. The first-order valence-electron chi connectivity index (χ1n) is 36.3. The minimum atomic E-state index is -0.258. The van der Waals surface area contributed by atoms with Crippen LogP contribution >= 0.6 is 22.7 Å². The maximum atomic E-state index is 8.09. The highest BCUT2D eigenvalue weighted by Gasteiger charge is 2.49. The summed E-state index contributed by atoms with van der Waals surface area (Å²) in [6, 6.07) is 137. The minimum absolute atomic E-state index is 0.246. The molecule has 6 nitrogen and oxygen atoms in total. The fraction of sp³-hybridized carbons (Fsp3) is 0. The van der Waals surface area contributed by atoms with Gasteiger partial charge in [0.05, 0.1) is 37.8 Å². The first kappa shape index (κ1) is 60.5. The topological polar surface area (TPSA) is 25.4 Å². The van der Waals surface area contributed by atoms with Crippen LogP contribution in [0.4, 0.5) is 85.3 Å². The third kappa shape index (κ3) is 9.31. The van der Waals surface area contributed by atoms with Gasteiger partial charge in [0, 0.05) is 111 Å². The number of anilines is 15. The molecule has 0 unspecified atom stereocenters. The number of nitrogens with zero attached hydrogens (tertiary/aromatic N) is 5. The number of hydrogen-bond donors (Lipinski definition) is 0. The van der Waals surface area contributed by atoms with Crippen LogP contribution in [0.1, 0.15) is 0 Å². The molecular formula is C96H61B2N5OS2. The maximum absolute atomic E-state index is 8.09. The lowest BCUT2D eigenvalue weighted by Crippen LogP contribution is -2.64. The molecule has 0 N–H and O–H groups in total. The fourth-order valence-electron chi connectivity index (χ4n) is 17.6. The van der Waals surface area contributed by atoms with E-state index in [0.717, 1.165) is 130 Å². The normalized spacial score (nSPS) is 12.9. The SMILES string of the molecule is c1ccc(-c2cccc(-c3ccccc3)c2N2c3cc4c(cc3B3c5ccccc5N(c5ccccc5)c5cc(N(c6ccccc6)c6cccc7c6sc6ccccc67)cc2c53)B2c3ccccc3N(c3ccccc3)c3cc(N(c5ccccc5)c5cccc6c5sc5ccccc56)cc(c32)O4)cc1. The Labute approximate surface area is 623 Å². The number of ether oxygens (including phenoxy) is 1. The Kier molecular flexibility index (Phi) is 13.8. The van der Waals surface area contributed by atoms with Crippen molar-refractivity contribution in [3.8, 4) is 33.8 Å². The number of benzene rings is 16. The summed E-state index contributed by atoms with van der Waals surface area (Å²) in [6.45, 7) is -0.504. The third-order valence-corrected chi connectivity index (χ3v) is 24.4. The molecule has 16 aromatic carbocycles. The van der Waals surface area contributed by atoms with Crippen molar-refractivity contribution in [2.75, 3.05) is 24.5 Å². The van der Waals surface area contributed by atoms with E-state index in [1.807, 2.05) is 22.7 Å².